The van der Waals surface area contributed by atoms with Crippen LogP contribution in [0.3, 0.4) is 0 Å². The summed E-state index contributed by atoms with van der Waals surface area (Å²) in [6, 6.07) is 1.50. The van der Waals surface area contributed by atoms with Crippen molar-refractivity contribution in [2.45, 2.75) is 0 Å². The molecule has 0 aliphatic rings. The Balaban J connectivity index is 0.000001000. The number of aromatic nitrogens is 1. The third-order valence-corrected chi connectivity index (χ3v) is 1.39. The van der Waals surface area contributed by atoms with E-state index in [4.69, 9.17) is 5.11 Å². The molecule has 0 saturated carbocycles. The van der Waals surface area contributed by atoms with Gasteiger partial charge in [0.2, 0.25) is 0 Å². The summed E-state index contributed by atoms with van der Waals surface area (Å²) in [5.41, 5.74) is 0.189. The van der Waals surface area contributed by atoms with E-state index in [-0.39, 0.29) is 35.1 Å². The van der Waals surface area contributed by atoms with Crippen LogP contribution in [0.25, 0.3) is 0 Å². The third kappa shape index (κ3) is 3.33. The van der Waals surface area contributed by atoms with Crippen molar-refractivity contribution in [2.75, 3.05) is 0 Å². The summed E-state index contributed by atoms with van der Waals surface area (Å²) >= 11 is 3.10. The normalized spacial score (nSPS) is 8.45. The molecule has 0 atom stereocenters. The van der Waals surface area contributed by atoms with E-state index in [2.05, 4.69) is 20.9 Å². The molecular weight excluding hydrogens is 221 g/mol. The molecule has 1 rings (SSSR count). The molecule has 0 saturated heterocycles. The molecule has 1 N–H and O–H groups in total. The van der Waals surface area contributed by atoms with Crippen LogP contribution >= 0.6 is 15.9 Å². The number of halogens is 1. The van der Waals surface area contributed by atoms with Crippen LogP contribution in [0, 0.1) is 0 Å². The zero-order chi connectivity index (χ0) is 7.56. The van der Waals surface area contributed by atoms with E-state index in [9.17, 15) is 4.79 Å². The van der Waals surface area contributed by atoms with Gasteiger partial charge >= 0.3 is 35.5 Å². The molecular formula is C6H5BrNNaO2. The van der Waals surface area contributed by atoms with Crippen molar-refractivity contribution in [1.82, 2.24) is 4.98 Å². The first-order chi connectivity index (χ1) is 4.70. The number of pyridine rings is 1. The molecule has 1 heterocycles. The van der Waals surface area contributed by atoms with Gasteiger partial charge < -0.3 is 5.11 Å². The van der Waals surface area contributed by atoms with Gasteiger partial charge in [0.15, 0.2) is 0 Å². The fraction of sp³-hybridized carbons (Fsp3) is 0. The molecule has 0 amide bonds. The fourth-order valence-corrected chi connectivity index (χ4v) is 0.894. The molecule has 11 heavy (non-hydrogen) atoms. The Morgan fingerprint density at radius 3 is 2.55 bits per heavy atom. The monoisotopic (exact) mass is 225 g/mol. The molecule has 0 unspecified atom stereocenters. The Morgan fingerprint density at radius 2 is 2.18 bits per heavy atom. The fourth-order valence-electron chi connectivity index (χ4n) is 0.529. The van der Waals surface area contributed by atoms with Crippen LogP contribution in [0.15, 0.2) is 22.9 Å². The zero-order valence-corrected chi connectivity index (χ0v) is 6.50. The van der Waals surface area contributed by atoms with Gasteiger partial charge in [-0.3, -0.25) is 4.98 Å². The van der Waals surface area contributed by atoms with Crippen molar-refractivity contribution in [1.29, 1.82) is 0 Å². The van der Waals surface area contributed by atoms with Crippen LogP contribution in [0.1, 0.15) is 10.4 Å². The Morgan fingerprint density at radius 1 is 1.55 bits per heavy atom. The zero-order valence-electron chi connectivity index (χ0n) is 4.91. The van der Waals surface area contributed by atoms with E-state index >= 15 is 0 Å². The van der Waals surface area contributed by atoms with E-state index in [1.807, 2.05) is 0 Å². The van der Waals surface area contributed by atoms with Crippen LogP contribution < -0.4 is 0 Å². The molecule has 1 aromatic rings. The first kappa shape index (κ1) is 11.1. The second-order valence-corrected chi connectivity index (χ2v) is 2.61. The van der Waals surface area contributed by atoms with Crippen molar-refractivity contribution >= 4 is 51.5 Å². The van der Waals surface area contributed by atoms with Crippen LogP contribution in [0.5, 0.6) is 0 Å². The molecule has 0 radical (unpaired) electrons. The summed E-state index contributed by atoms with van der Waals surface area (Å²) < 4.78 is 0.674. The molecule has 0 aliphatic heterocycles. The maximum absolute atomic E-state index is 10.3. The van der Waals surface area contributed by atoms with Crippen molar-refractivity contribution in [2.24, 2.45) is 0 Å². The summed E-state index contributed by atoms with van der Waals surface area (Å²) in [5.74, 6) is -0.964. The standard InChI is InChI=1S/C6H4BrNO2.Na.H/c7-5-1-4(6(9)10)2-8-3-5;;/h1-3H,(H,9,10);;. The molecule has 0 aliphatic carbocycles. The van der Waals surface area contributed by atoms with Gasteiger partial charge in [0.1, 0.15) is 0 Å². The van der Waals surface area contributed by atoms with Gasteiger partial charge in [0.25, 0.3) is 0 Å². The Bertz CT molecular complexity index is 267. The van der Waals surface area contributed by atoms with Crippen molar-refractivity contribution in [3.8, 4) is 0 Å². The van der Waals surface area contributed by atoms with Crippen molar-refractivity contribution in [3.63, 3.8) is 0 Å². The number of carboxylic acid groups (broad SMARTS) is 1. The molecule has 0 fully saturated rings. The van der Waals surface area contributed by atoms with Gasteiger partial charge in [-0.2, -0.15) is 0 Å². The SMILES string of the molecule is O=C(O)c1cncc(Br)c1.[NaH]. The number of carboxylic acids is 1. The number of hydrogen-bond acceptors (Lipinski definition) is 2. The summed E-state index contributed by atoms with van der Waals surface area (Å²) in [6.45, 7) is 0. The molecule has 1 aromatic heterocycles. The van der Waals surface area contributed by atoms with E-state index in [0.29, 0.717) is 4.47 Å². The van der Waals surface area contributed by atoms with Gasteiger partial charge in [0.05, 0.1) is 5.56 Å². The minimum absolute atomic E-state index is 0. The number of carbonyl (C=O) groups is 1. The van der Waals surface area contributed by atoms with E-state index in [1.54, 1.807) is 0 Å². The quantitative estimate of drug-likeness (QED) is 0.723. The van der Waals surface area contributed by atoms with E-state index in [1.165, 1.54) is 18.5 Å². The number of nitrogens with zero attached hydrogens (tertiary/aromatic N) is 1. The summed E-state index contributed by atoms with van der Waals surface area (Å²) in [4.78, 5) is 14.0. The first-order valence-electron chi connectivity index (χ1n) is 2.54. The second kappa shape index (κ2) is 4.87. The maximum atomic E-state index is 10.3. The summed E-state index contributed by atoms with van der Waals surface area (Å²) in [5, 5.41) is 8.45. The van der Waals surface area contributed by atoms with Crippen LogP contribution in [-0.4, -0.2) is 45.6 Å². The molecule has 5 heteroatoms. The van der Waals surface area contributed by atoms with Crippen molar-refractivity contribution in [3.05, 3.63) is 28.5 Å². The van der Waals surface area contributed by atoms with Crippen LogP contribution in [0.4, 0.5) is 0 Å². The average molecular weight is 226 g/mol. The molecule has 54 valence electrons. The first-order valence-corrected chi connectivity index (χ1v) is 3.33. The molecule has 3 nitrogen and oxygen atoms in total. The molecule has 0 aromatic carbocycles. The predicted octanol–water partition coefficient (Wildman–Crippen LogP) is 0.894. The van der Waals surface area contributed by atoms with Gasteiger partial charge in [-0.25, -0.2) is 4.79 Å². The molecule has 0 bridgehead atoms. The number of aromatic carboxylic acids is 1. The van der Waals surface area contributed by atoms with Crippen LogP contribution in [0.2, 0.25) is 0 Å². The summed E-state index contributed by atoms with van der Waals surface area (Å²) in [6.07, 6.45) is 2.83. The van der Waals surface area contributed by atoms with Gasteiger partial charge in [-0.1, -0.05) is 0 Å². The van der Waals surface area contributed by atoms with E-state index < -0.39 is 5.97 Å². The van der Waals surface area contributed by atoms with E-state index in [0.717, 1.165) is 0 Å². The third-order valence-electron chi connectivity index (χ3n) is 0.952. The predicted molar refractivity (Wildman–Crippen MR) is 46.0 cm³/mol. The Kier molecular flexibility index (Phi) is 4.92. The van der Waals surface area contributed by atoms with Crippen molar-refractivity contribution < 1.29 is 9.90 Å². The van der Waals surface area contributed by atoms with Crippen LogP contribution in [-0.2, 0) is 0 Å². The topological polar surface area (TPSA) is 50.2 Å². The number of hydrogen-bond donors (Lipinski definition) is 1. The number of rotatable bonds is 1. The molecule has 0 spiro atoms. The summed E-state index contributed by atoms with van der Waals surface area (Å²) in [7, 11) is 0. The van der Waals surface area contributed by atoms with Gasteiger partial charge in [-0.15, -0.1) is 0 Å². The average Bonchev–Trinajstić information content (AvgIpc) is 1.88. The Labute approximate surface area is 94.3 Å². The van der Waals surface area contributed by atoms with Gasteiger partial charge in [-0.05, 0) is 22.0 Å². The minimum atomic E-state index is -0.964. The van der Waals surface area contributed by atoms with Gasteiger partial charge in [0, 0.05) is 16.9 Å². The second-order valence-electron chi connectivity index (χ2n) is 1.70. The Hall–Kier alpha value is 0.100.